The average Bonchev–Trinajstić information content (AvgIpc) is 3.38. The number of rotatable bonds is 7. The maximum atomic E-state index is 13.2. The van der Waals surface area contributed by atoms with Crippen molar-refractivity contribution in [2.24, 2.45) is 23.3 Å². The van der Waals surface area contributed by atoms with E-state index < -0.39 is 11.6 Å². The molecule has 3 aliphatic rings. The Balaban J connectivity index is 1.34. The molecule has 2 amide bonds. The molecule has 168 valence electrons. The van der Waals surface area contributed by atoms with Gasteiger partial charge in [-0.15, -0.1) is 0 Å². The largest absolute Gasteiger partial charge is 0.370 e. The van der Waals surface area contributed by atoms with E-state index in [1.165, 1.54) is 19.3 Å². The second-order valence-corrected chi connectivity index (χ2v) is 9.37. The van der Waals surface area contributed by atoms with Crippen molar-refractivity contribution >= 4 is 23.5 Å². The molecule has 1 saturated heterocycles. The van der Waals surface area contributed by atoms with Crippen molar-refractivity contribution in [3.05, 3.63) is 29.8 Å². The zero-order valence-electron chi connectivity index (χ0n) is 18.0. The number of hydrogen-bond acceptors (Lipinski definition) is 4. The highest BCUT2D eigenvalue weighted by molar-refractivity contribution is 5.97. The van der Waals surface area contributed by atoms with Gasteiger partial charge in [0.05, 0.1) is 6.04 Å². The van der Waals surface area contributed by atoms with Gasteiger partial charge < -0.3 is 27.0 Å². The molecule has 1 aromatic carbocycles. The van der Waals surface area contributed by atoms with Crippen LogP contribution in [0.15, 0.2) is 24.3 Å². The fraction of sp³-hybridized carbons (Fsp3) is 0.609. The minimum absolute atomic E-state index is 0.0552. The van der Waals surface area contributed by atoms with E-state index in [0.717, 1.165) is 43.4 Å². The monoisotopic (exact) mass is 426 g/mol. The SMILES string of the molecule is N=C(N)Nc1ccc(CNC(=O)[C@]23C[C@H]2CCN3C(=O)[C@H](N)CC2CCCCC2)cc1. The average molecular weight is 427 g/mol. The second-order valence-electron chi connectivity index (χ2n) is 9.37. The molecule has 2 saturated carbocycles. The lowest BCUT2D eigenvalue weighted by Crippen LogP contribution is -2.54. The number of likely N-dealkylation sites (tertiary alicyclic amines) is 1. The molecular formula is C23H34N6O2. The van der Waals surface area contributed by atoms with Crippen LogP contribution >= 0.6 is 0 Å². The van der Waals surface area contributed by atoms with Gasteiger partial charge in [-0.25, -0.2) is 0 Å². The van der Waals surface area contributed by atoms with Crippen LogP contribution in [0.25, 0.3) is 0 Å². The van der Waals surface area contributed by atoms with Crippen LogP contribution in [0, 0.1) is 17.2 Å². The van der Waals surface area contributed by atoms with Crippen molar-refractivity contribution in [2.45, 2.75) is 69.5 Å². The number of nitrogens with two attached hydrogens (primary N) is 2. The first-order valence-corrected chi connectivity index (χ1v) is 11.5. The van der Waals surface area contributed by atoms with Crippen LogP contribution in [-0.4, -0.2) is 40.8 Å². The van der Waals surface area contributed by atoms with Gasteiger partial charge in [-0.1, -0.05) is 44.2 Å². The standard InChI is InChI=1S/C23H34N6O2/c24-19(12-15-4-2-1-3-5-15)20(30)29-11-10-17-13-23(17,29)21(31)27-14-16-6-8-18(9-7-16)28-22(25)26/h6-9,15,17,19H,1-5,10-14,24H2,(H,27,31)(H4,25,26,28)/t17-,19-,23+/m1/s1. The number of benzene rings is 1. The fourth-order valence-corrected chi connectivity index (χ4v) is 5.46. The summed E-state index contributed by atoms with van der Waals surface area (Å²) in [5.74, 6) is 0.545. The second kappa shape index (κ2) is 8.86. The Labute approximate surface area is 183 Å². The Morgan fingerprint density at radius 2 is 1.87 bits per heavy atom. The number of fused-ring (bicyclic) bond motifs is 1. The minimum atomic E-state index is -0.697. The molecule has 3 fully saturated rings. The molecule has 1 heterocycles. The van der Waals surface area contributed by atoms with Gasteiger partial charge in [0.15, 0.2) is 5.96 Å². The molecule has 0 aromatic heterocycles. The summed E-state index contributed by atoms with van der Waals surface area (Å²) < 4.78 is 0. The molecule has 0 radical (unpaired) electrons. The summed E-state index contributed by atoms with van der Waals surface area (Å²) in [6.45, 7) is 1.02. The van der Waals surface area contributed by atoms with E-state index in [0.29, 0.717) is 19.0 Å². The van der Waals surface area contributed by atoms with E-state index >= 15 is 0 Å². The van der Waals surface area contributed by atoms with Crippen LogP contribution in [0.1, 0.15) is 56.9 Å². The number of carbonyl (C=O) groups excluding carboxylic acids is 2. The van der Waals surface area contributed by atoms with E-state index in [-0.39, 0.29) is 23.7 Å². The predicted molar refractivity (Wildman–Crippen MR) is 120 cm³/mol. The third-order valence-electron chi connectivity index (χ3n) is 7.23. The number of hydrogen-bond donors (Lipinski definition) is 5. The lowest BCUT2D eigenvalue weighted by atomic mass is 9.84. The summed E-state index contributed by atoms with van der Waals surface area (Å²) in [5, 5.41) is 13.0. The first-order valence-electron chi connectivity index (χ1n) is 11.5. The van der Waals surface area contributed by atoms with Gasteiger partial charge in [0.25, 0.3) is 0 Å². The molecule has 7 N–H and O–H groups in total. The number of anilines is 1. The number of piperidine rings is 1. The van der Waals surface area contributed by atoms with Crippen molar-refractivity contribution in [1.29, 1.82) is 5.41 Å². The molecule has 3 atom stereocenters. The highest BCUT2D eigenvalue weighted by atomic mass is 16.2. The molecule has 8 nitrogen and oxygen atoms in total. The zero-order valence-corrected chi connectivity index (χ0v) is 18.0. The molecular weight excluding hydrogens is 392 g/mol. The zero-order chi connectivity index (χ0) is 22.0. The summed E-state index contributed by atoms with van der Waals surface area (Å²) >= 11 is 0. The van der Waals surface area contributed by atoms with Crippen LogP contribution in [0.2, 0.25) is 0 Å². The highest BCUT2D eigenvalue weighted by Gasteiger charge is 2.68. The minimum Gasteiger partial charge on any atom is -0.370 e. The molecule has 1 aliphatic heterocycles. The van der Waals surface area contributed by atoms with Crippen LogP contribution < -0.4 is 22.1 Å². The van der Waals surface area contributed by atoms with Crippen molar-refractivity contribution < 1.29 is 9.59 Å². The Kier molecular flexibility index (Phi) is 6.18. The molecule has 0 bridgehead atoms. The maximum absolute atomic E-state index is 13.2. The third kappa shape index (κ3) is 4.54. The van der Waals surface area contributed by atoms with E-state index in [1.807, 2.05) is 24.3 Å². The first-order chi connectivity index (χ1) is 14.9. The van der Waals surface area contributed by atoms with Crippen LogP contribution in [-0.2, 0) is 16.1 Å². The molecule has 0 unspecified atom stereocenters. The quantitative estimate of drug-likeness (QED) is 0.335. The van der Waals surface area contributed by atoms with Gasteiger partial charge in [0, 0.05) is 18.8 Å². The lowest BCUT2D eigenvalue weighted by Gasteiger charge is -2.31. The van der Waals surface area contributed by atoms with Crippen molar-refractivity contribution in [1.82, 2.24) is 10.2 Å². The van der Waals surface area contributed by atoms with Crippen molar-refractivity contribution in [2.75, 3.05) is 11.9 Å². The first kappa shape index (κ1) is 21.6. The number of carbonyl (C=O) groups is 2. The van der Waals surface area contributed by atoms with Crippen molar-refractivity contribution in [3.8, 4) is 0 Å². The van der Waals surface area contributed by atoms with Crippen LogP contribution in [0.5, 0.6) is 0 Å². The van der Waals surface area contributed by atoms with Crippen LogP contribution in [0.4, 0.5) is 5.69 Å². The Morgan fingerprint density at radius 1 is 1.16 bits per heavy atom. The van der Waals surface area contributed by atoms with Gasteiger partial charge in [0.1, 0.15) is 5.54 Å². The smallest absolute Gasteiger partial charge is 0.246 e. The van der Waals surface area contributed by atoms with Gasteiger partial charge in [0.2, 0.25) is 11.8 Å². The number of nitrogens with zero attached hydrogens (tertiary/aromatic N) is 1. The predicted octanol–water partition coefficient (Wildman–Crippen LogP) is 1.90. The Bertz CT molecular complexity index is 835. The van der Waals surface area contributed by atoms with E-state index in [9.17, 15) is 9.59 Å². The summed E-state index contributed by atoms with van der Waals surface area (Å²) in [7, 11) is 0. The fourth-order valence-electron chi connectivity index (χ4n) is 5.46. The Hall–Kier alpha value is -2.61. The topological polar surface area (TPSA) is 137 Å². The van der Waals surface area contributed by atoms with E-state index in [4.69, 9.17) is 16.9 Å². The van der Waals surface area contributed by atoms with Crippen LogP contribution in [0.3, 0.4) is 0 Å². The maximum Gasteiger partial charge on any atom is 0.246 e. The number of amides is 2. The Morgan fingerprint density at radius 3 is 2.52 bits per heavy atom. The van der Waals surface area contributed by atoms with Gasteiger partial charge >= 0.3 is 0 Å². The van der Waals surface area contributed by atoms with Gasteiger partial charge in [-0.2, -0.15) is 0 Å². The normalized spacial score (nSPS) is 26.1. The lowest BCUT2D eigenvalue weighted by molar-refractivity contribution is -0.142. The van der Waals surface area contributed by atoms with Gasteiger partial charge in [-0.05, 0) is 48.8 Å². The van der Waals surface area contributed by atoms with E-state index in [2.05, 4.69) is 10.6 Å². The summed E-state index contributed by atoms with van der Waals surface area (Å²) in [4.78, 5) is 28.0. The van der Waals surface area contributed by atoms with Crippen molar-refractivity contribution in [3.63, 3.8) is 0 Å². The number of guanidine groups is 1. The molecule has 8 heteroatoms. The molecule has 31 heavy (non-hydrogen) atoms. The summed E-state index contributed by atoms with van der Waals surface area (Å²) in [6, 6.07) is 6.89. The molecule has 4 rings (SSSR count). The molecule has 2 aliphatic carbocycles. The van der Waals surface area contributed by atoms with Gasteiger partial charge in [-0.3, -0.25) is 15.0 Å². The van der Waals surface area contributed by atoms with E-state index in [1.54, 1.807) is 4.90 Å². The third-order valence-corrected chi connectivity index (χ3v) is 7.23. The molecule has 0 spiro atoms. The summed E-state index contributed by atoms with van der Waals surface area (Å²) in [6.07, 6.45) is 8.42. The summed E-state index contributed by atoms with van der Waals surface area (Å²) in [5.41, 5.74) is 12.6. The number of nitrogens with one attached hydrogen (secondary N) is 3. The molecule has 1 aromatic rings. The highest BCUT2D eigenvalue weighted by Crippen LogP contribution is 2.56.